The molecule has 2 aromatic rings. The van der Waals surface area contributed by atoms with Crippen LogP contribution in [0.3, 0.4) is 0 Å². The molecule has 0 radical (unpaired) electrons. The van der Waals surface area contributed by atoms with Gasteiger partial charge in [-0.3, -0.25) is 0 Å². The number of carbonyl (C=O) groups is 1. The highest BCUT2D eigenvalue weighted by Gasteiger charge is 2.19. The molecule has 126 valence electrons. The van der Waals surface area contributed by atoms with Gasteiger partial charge in [0.15, 0.2) is 0 Å². The summed E-state index contributed by atoms with van der Waals surface area (Å²) in [6.45, 7) is 10.4. The number of nitrogens with zero attached hydrogens (tertiary/aromatic N) is 4. The van der Waals surface area contributed by atoms with E-state index in [0.29, 0.717) is 6.54 Å². The molecule has 1 atom stereocenters. The van der Waals surface area contributed by atoms with Crippen LogP contribution in [0.5, 0.6) is 0 Å². The molecule has 0 saturated heterocycles. The lowest BCUT2D eigenvalue weighted by molar-refractivity contribution is 0.236. The molecule has 2 aromatic heterocycles. The van der Waals surface area contributed by atoms with Crippen molar-refractivity contribution in [3.8, 4) is 0 Å². The fraction of sp³-hybridized carbons (Fsp3) is 0.600. The third-order valence-electron chi connectivity index (χ3n) is 3.32. The summed E-state index contributed by atoms with van der Waals surface area (Å²) in [6.07, 6.45) is 2.41. The molecule has 0 aliphatic rings. The summed E-state index contributed by atoms with van der Waals surface area (Å²) in [6, 6.07) is -0.376. The van der Waals surface area contributed by atoms with Crippen molar-refractivity contribution in [3.05, 3.63) is 28.2 Å². The Labute approximate surface area is 140 Å². The summed E-state index contributed by atoms with van der Waals surface area (Å²) in [5, 5.41) is 13.0. The Balaban J connectivity index is 1.89. The zero-order chi connectivity index (χ0) is 17.0. The van der Waals surface area contributed by atoms with Crippen molar-refractivity contribution >= 4 is 17.4 Å². The summed E-state index contributed by atoms with van der Waals surface area (Å²) in [4.78, 5) is 20.7. The average Bonchev–Trinajstić information content (AvgIpc) is 3.13. The van der Waals surface area contributed by atoms with Gasteiger partial charge in [-0.25, -0.2) is 19.4 Å². The standard InChI is InChI=1S/C15H24N6OS/c1-6-13-20-11(8-23-13)10(2)19-14(22)16-7-12-17-9-18-21(12)15(3,4)5/h8-10H,6-7H2,1-5H3,(H2,16,19,22). The maximum atomic E-state index is 12.1. The van der Waals surface area contributed by atoms with E-state index in [2.05, 4.69) is 32.6 Å². The van der Waals surface area contributed by atoms with Gasteiger partial charge >= 0.3 is 6.03 Å². The van der Waals surface area contributed by atoms with Crippen molar-refractivity contribution < 1.29 is 4.79 Å². The highest BCUT2D eigenvalue weighted by Crippen LogP contribution is 2.17. The number of nitrogens with one attached hydrogen (secondary N) is 2. The number of hydrogen-bond acceptors (Lipinski definition) is 5. The molecular formula is C15H24N6OS. The molecule has 0 bridgehead atoms. The van der Waals surface area contributed by atoms with E-state index in [-0.39, 0.29) is 17.6 Å². The van der Waals surface area contributed by atoms with Gasteiger partial charge in [0, 0.05) is 5.38 Å². The predicted octanol–water partition coefficient (Wildman–Crippen LogP) is 2.61. The third kappa shape index (κ3) is 4.51. The van der Waals surface area contributed by atoms with Crippen LogP contribution in [0.15, 0.2) is 11.7 Å². The van der Waals surface area contributed by atoms with Crippen LogP contribution >= 0.6 is 11.3 Å². The molecule has 0 aliphatic heterocycles. The van der Waals surface area contributed by atoms with Crippen LogP contribution in [0.25, 0.3) is 0 Å². The largest absolute Gasteiger partial charge is 0.331 e. The Morgan fingerprint density at radius 1 is 1.43 bits per heavy atom. The second-order valence-corrected chi connectivity index (χ2v) is 7.27. The minimum Gasteiger partial charge on any atom is -0.331 e. The first-order chi connectivity index (χ1) is 10.8. The average molecular weight is 336 g/mol. The molecule has 0 aliphatic carbocycles. The second-order valence-electron chi connectivity index (χ2n) is 6.33. The van der Waals surface area contributed by atoms with E-state index in [4.69, 9.17) is 0 Å². The summed E-state index contributed by atoms with van der Waals surface area (Å²) >= 11 is 1.62. The van der Waals surface area contributed by atoms with Gasteiger partial charge in [-0.05, 0) is 34.1 Å². The van der Waals surface area contributed by atoms with E-state index in [0.717, 1.165) is 22.9 Å². The first-order valence-electron chi connectivity index (χ1n) is 7.69. The van der Waals surface area contributed by atoms with Crippen LogP contribution in [0, 0.1) is 0 Å². The number of aromatic nitrogens is 4. The van der Waals surface area contributed by atoms with E-state index >= 15 is 0 Å². The van der Waals surface area contributed by atoms with Crippen molar-refractivity contribution in [2.45, 2.75) is 59.2 Å². The molecule has 8 heteroatoms. The molecule has 23 heavy (non-hydrogen) atoms. The maximum Gasteiger partial charge on any atom is 0.315 e. The summed E-state index contributed by atoms with van der Waals surface area (Å²) in [5.74, 6) is 0.724. The van der Waals surface area contributed by atoms with Crippen LogP contribution in [-0.4, -0.2) is 25.8 Å². The topological polar surface area (TPSA) is 84.7 Å². The number of carbonyl (C=O) groups excluding carboxylic acids is 1. The van der Waals surface area contributed by atoms with Gasteiger partial charge in [-0.15, -0.1) is 11.3 Å². The Hall–Kier alpha value is -1.96. The van der Waals surface area contributed by atoms with E-state index in [1.54, 1.807) is 11.3 Å². The lowest BCUT2D eigenvalue weighted by atomic mass is 10.1. The van der Waals surface area contributed by atoms with E-state index in [1.807, 2.05) is 37.8 Å². The van der Waals surface area contributed by atoms with Crippen LogP contribution < -0.4 is 10.6 Å². The maximum absolute atomic E-state index is 12.1. The number of hydrogen-bond donors (Lipinski definition) is 2. The van der Waals surface area contributed by atoms with Crippen molar-refractivity contribution in [2.24, 2.45) is 0 Å². The number of amides is 2. The summed E-state index contributed by atoms with van der Waals surface area (Å²) in [7, 11) is 0. The molecule has 2 amide bonds. The predicted molar refractivity (Wildman–Crippen MR) is 90.3 cm³/mol. The molecule has 2 N–H and O–H groups in total. The lowest BCUT2D eigenvalue weighted by Crippen LogP contribution is -2.38. The molecule has 0 aromatic carbocycles. The molecule has 2 rings (SSSR count). The van der Waals surface area contributed by atoms with Gasteiger partial charge in [-0.2, -0.15) is 5.10 Å². The van der Waals surface area contributed by atoms with Gasteiger partial charge in [0.25, 0.3) is 0 Å². The normalized spacial score (nSPS) is 12.9. The number of aryl methyl sites for hydroxylation is 1. The van der Waals surface area contributed by atoms with Gasteiger partial charge < -0.3 is 10.6 Å². The quantitative estimate of drug-likeness (QED) is 0.879. The number of urea groups is 1. The third-order valence-corrected chi connectivity index (χ3v) is 4.34. The molecule has 7 nitrogen and oxygen atoms in total. The van der Waals surface area contributed by atoms with E-state index in [1.165, 1.54) is 6.33 Å². The molecule has 2 heterocycles. The molecule has 1 unspecified atom stereocenters. The van der Waals surface area contributed by atoms with Crippen molar-refractivity contribution in [1.82, 2.24) is 30.4 Å². The fourth-order valence-corrected chi connectivity index (χ4v) is 2.95. The van der Waals surface area contributed by atoms with Crippen LogP contribution in [0.4, 0.5) is 4.79 Å². The van der Waals surface area contributed by atoms with Crippen LogP contribution in [0.2, 0.25) is 0 Å². The summed E-state index contributed by atoms with van der Waals surface area (Å²) < 4.78 is 1.81. The van der Waals surface area contributed by atoms with Crippen LogP contribution in [0.1, 0.15) is 57.2 Å². The zero-order valence-corrected chi connectivity index (χ0v) is 15.1. The van der Waals surface area contributed by atoms with Crippen LogP contribution in [-0.2, 0) is 18.5 Å². The Morgan fingerprint density at radius 3 is 2.78 bits per heavy atom. The van der Waals surface area contributed by atoms with Gasteiger partial charge in [0.05, 0.1) is 28.8 Å². The summed E-state index contributed by atoms with van der Waals surface area (Å²) in [5.41, 5.74) is 0.717. The fourth-order valence-electron chi connectivity index (χ4n) is 2.11. The molecule has 0 spiro atoms. The molecule has 0 saturated carbocycles. The second kappa shape index (κ2) is 7.08. The van der Waals surface area contributed by atoms with Crippen molar-refractivity contribution in [2.75, 3.05) is 0 Å². The minimum atomic E-state index is -0.244. The van der Waals surface area contributed by atoms with Crippen molar-refractivity contribution in [1.29, 1.82) is 0 Å². The zero-order valence-electron chi connectivity index (χ0n) is 14.3. The Morgan fingerprint density at radius 2 is 2.17 bits per heavy atom. The lowest BCUT2D eigenvalue weighted by Gasteiger charge is -2.21. The molecular weight excluding hydrogens is 312 g/mol. The monoisotopic (exact) mass is 336 g/mol. The van der Waals surface area contributed by atoms with Crippen molar-refractivity contribution in [3.63, 3.8) is 0 Å². The van der Waals surface area contributed by atoms with Gasteiger partial charge in [0.1, 0.15) is 12.2 Å². The Kier molecular flexibility index (Phi) is 5.35. The highest BCUT2D eigenvalue weighted by molar-refractivity contribution is 7.09. The van der Waals surface area contributed by atoms with Gasteiger partial charge in [0.2, 0.25) is 0 Å². The first kappa shape index (κ1) is 17.4. The number of thiazole rings is 1. The van der Waals surface area contributed by atoms with E-state index < -0.39 is 0 Å². The van der Waals surface area contributed by atoms with E-state index in [9.17, 15) is 4.79 Å². The number of rotatable bonds is 5. The minimum absolute atomic E-state index is 0.132. The smallest absolute Gasteiger partial charge is 0.315 e. The SMILES string of the molecule is CCc1nc(C(C)NC(=O)NCc2ncnn2C(C)(C)C)cs1. The first-order valence-corrected chi connectivity index (χ1v) is 8.57. The molecule has 0 fully saturated rings. The Bertz CT molecular complexity index is 657. The van der Waals surface area contributed by atoms with Gasteiger partial charge in [-0.1, -0.05) is 6.92 Å². The highest BCUT2D eigenvalue weighted by atomic mass is 32.1.